The lowest BCUT2D eigenvalue weighted by molar-refractivity contribution is -0.130. The normalized spacial score (nSPS) is 22.1. The molecule has 0 aliphatic carbocycles. The Morgan fingerprint density at radius 1 is 1.21 bits per heavy atom. The summed E-state index contributed by atoms with van der Waals surface area (Å²) in [6, 6.07) is 7.93. The molecule has 1 unspecified atom stereocenters. The van der Waals surface area contributed by atoms with E-state index in [0.717, 1.165) is 24.3 Å². The van der Waals surface area contributed by atoms with Gasteiger partial charge in [0.15, 0.2) is 9.84 Å². The van der Waals surface area contributed by atoms with Gasteiger partial charge in [0, 0.05) is 32.2 Å². The molecule has 9 nitrogen and oxygen atoms in total. The van der Waals surface area contributed by atoms with Crippen molar-refractivity contribution in [2.45, 2.75) is 24.5 Å². The van der Waals surface area contributed by atoms with Gasteiger partial charge in [-0.1, -0.05) is 30.0 Å². The van der Waals surface area contributed by atoms with Crippen molar-refractivity contribution < 1.29 is 13.2 Å². The number of hydrogen-bond donors (Lipinski definition) is 0. The summed E-state index contributed by atoms with van der Waals surface area (Å²) < 4.78 is 25.0. The van der Waals surface area contributed by atoms with Gasteiger partial charge in [0.25, 0.3) is 0 Å². The van der Waals surface area contributed by atoms with Crippen molar-refractivity contribution in [2.75, 3.05) is 43.4 Å². The molecule has 0 radical (unpaired) electrons. The summed E-state index contributed by atoms with van der Waals surface area (Å²) >= 11 is 1.33. The monoisotopic (exact) mass is 436 g/mol. The van der Waals surface area contributed by atoms with Crippen LogP contribution >= 0.6 is 11.8 Å². The van der Waals surface area contributed by atoms with Crippen LogP contribution in [-0.2, 0) is 14.6 Å². The van der Waals surface area contributed by atoms with E-state index in [9.17, 15) is 13.2 Å². The van der Waals surface area contributed by atoms with Crippen LogP contribution in [0.1, 0.15) is 12.0 Å². The summed E-state index contributed by atoms with van der Waals surface area (Å²) in [5.74, 6) is 0.846. The highest BCUT2D eigenvalue weighted by Gasteiger charge is 2.34. The third kappa shape index (κ3) is 4.62. The van der Waals surface area contributed by atoms with Crippen LogP contribution in [0.15, 0.2) is 29.4 Å². The summed E-state index contributed by atoms with van der Waals surface area (Å²) in [4.78, 5) is 16.7. The standard InChI is InChI=1S/C18H24N6O3S2/c1-14-4-2-3-5-16(14)24-18(19-20-21-24)28-12-17(25)23-9-7-22(8-10-23)15-6-11-29(26,27)13-15/h2-5,15H,6-13H2,1H3. The fourth-order valence-electron chi connectivity index (χ4n) is 3.84. The molecule has 1 atom stereocenters. The van der Waals surface area contributed by atoms with Crippen molar-refractivity contribution >= 4 is 27.5 Å². The van der Waals surface area contributed by atoms with Gasteiger partial charge in [0.2, 0.25) is 11.1 Å². The zero-order valence-electron chi connectivity index (χ0n) is 16.3. The Morgan fingerprint density at radius 2 is 1.97 bits per heavy atom. The molecule has 0 saturated carbocycles. The number of aromatic nitrogens is 4. The maximum Gasteiger partial charge on any atom is 0.233 e. The van der Waals surface area contributed by atoms with Crippen LogP contribution in [0.5, 0.6) is 0 Å². The van der Waals surface area contributed by atoms with Gasteiger partial charge in [-0.25, -0.2) is 8.42 Å². The van der Waals surface area contributed by atoms with E-state index in [2.05, 4.69) is 20.4 Å². The topological polar surface area (TPSA) is 101 Å². The van der Waals surface area contributed by atoms with Crippen molar-refractivity contribution in [3.05, 3.63) is 29.8 Å². The Bertz CT molecular complexity index is 985. The average molecular weight is 437 g/mol. The molecule has 1 amide bonds. The minimum atomic E-state index is -2.89. The van der Waals surface area contributed by atoms with Crippen molar-refractivity contribution in [3.63, 3.8) is 0 Å². The molecule has 2 saturated heterocycles. The summed E-state index contributed by atoms with van der Waals surface area (Å²) in [5, 5.41) is 12.5. The fourth-order valence-corrected chi connectivity index (χ4v) is 6.39. The summed E-state index contributed by atoms with van der Waals surface area (Å²) in [6.45, 7) is 4.68. The Hall–Kier alpha value is -1.98. The lowest BCUT2D eigenvalue weighted by Gasteiger charge is -2.37. The first-order valence-corrected chi connectivity index (χ1v) is 12.4. The molecule has 0 N–H and O–H groups in total. The number of para-hydroxylation sites is 1. The Kier molecular flexibility index (Phi) is 5.88. The second kappa shape index (κ2) is 8.41. The number of sulfone groups is 1. The average Bonchev–Trinajstić information content (AvgIpc) is 3.32. The van der Waals surface area contributed by atoms with Crippen LogP contribution in [0, 0.1) is 6.92 Å². The molecule has 11 heteroatoms. The van der Waals surface area contributed by atoms with Gasteiger partial charge >= 0.3 is 0 Å². The van der Waals surface area contributed by atoms with E-state index < -0.39 is 9.84 Å². The number of hydrogen-bond acceptors (Lipinski definition) is 8. The maximum atomic E-state index is 12.7. The predicted octanol–water partition coefficient (Wildman–Crippen LogP) is 0.394. The fraction of sp³-hybridized carbons (Fsp3) is 0.556. The molecule has 2 aliphatic heterocycles. The van der Waals surface area contributed by atoms with Crippen LogP contribution in [0.2, 0.25) is 0 Å². The zero-order valence-corrected chi connectivity index (χ0v) is 17.9. The zero-order chi connectivity index (χ0) is 20.4. The minimum Gasteiger partial charge on any atom is -0.339 e. The van der Waals surface area contributed by atoms with E-state index in [-0.39, 0.29) is 29.2 Å². The van der Waals surface area contributed by atoms with Crippen LogP contribution in [-0.4, -0.2) is 93.8 Å². The SMILES string of the molecule is Cc1ccccc1-n1nnnc1SCC(=O)N1CCN(C2CCS(=O)(=O)C2)CC1. The number of tetrazole rings is 1. The third-order valence-corrected chi connectivity index (χ3v) is 8.16. The van der Waals surface area contributed by atoms with Crippen molar-refractivity contribution in [2.24, 2.45) is 0 Å². The Balaban J connectivity index is 1.31. The lowest BCUT2D eigenvalue weighted by Crippen LogP contribution is -2.52. The number of thioether (sulfide) groups is 1. The Labute approximate surface area is 174 Å². The van der Waals surface area contributed by atoms with Crippen LogP contribution < -0.4 is 0 Å². The Morgan fingerprint density at radius 3 is 2.66 bits per heavy atom. The largest absolute Gasteiger partial charge is 0.339 e. The molecule has 1 aromatic carbocycles. The molecule has 156 valence electrons. The molecular formula is C18H24N6O3S2. The van der Waals surface area contributed by atoms with Gasteiger partial charge in [-0.15, -0.1) is 5.10 Å². The van der Waals surface area contributed by atoms with Gasteiger partial charge in [-0.3, -0.25) is 9.69 Å². The minimum absolute atomic E-state index is 0.0491. The van der Waals surface area contributed by atoms with Gasteiger partial charge in [-0.05, 0) is 35.4 Å². The van der Waals surface area contributed by atoms with Crippen molar-refractivity contribution in [3.8, 4) is 5.69 Å². The molecule has 0 spiro atoms. The van der Waals surface area contributed by atoms with E-state index >= 15 is 0 Å². The quantitative estimate of drug-likeness (QED) is 0.621. The van der Waals surface area contributed by atoms with Gasteiger partial charge in [0.1, 0.15) is 0 Å². The second-order valence-electron chi connectivity index (χ2n) is 7.42. The molecule has 2 aliphatic rings. The van der Waals surface area contributed by atoms with E-state index in [1.165, 1.54) is 11.8 Å². The van der Waals surface area contributed by atoms with Crippen molar-refractivity contribution in [1.29, 1.82) is 0 Å². The van der Waals surface area contributed by atoms with Gasteiger partial charge < -0.3 is 4.90 Å². The predicted molar refractivity (Wildman–Crippen MR) is 110 cm³/mol. The molecule has 3 heterocycles. The van der Waals surface area contributed by atoms with Crippen LogP contribution in [0.3, 0.4) is 0 Å². The van der Waals surface area contributed by atoms with Gasteiger partial charge in [-0.2, -0.15) is 4.68 Å². The molecular weight excluding hydrogens is 412 g/mol. The number of carbonyl (C=O) groups excluding carboxylic acids is 1. The van der Waals surface area contributed by atoms with Crippen LogP contribution in [0.25, 0.3) is 5.69 Å². The van der Waals surface area contributed by atoms with Crippen molar-refractivity contribution in [1.82, 2.24) is 30.0 Å². The molecule has 2 fully saturated rings. The maximum absolute atomic E-state index is 12.7. The number of nitrogens with zero attached hydrogens (tertiary/aromatic N) is 6. The van der Waals surface area contributed by atoms with E-state index in [0.29, 0.717) is 24.7 Å². The smallest absolute Gasteiger partial charge is 0.233 e. The molecule has 0 bridgehead atoms. The van der Waals surface area contributed by atoms with E-state index in [1.807, 2.05) is 36.1 Å². The highest BCUT2D eigenvalue weighted by molar-refractivity contribution is 7.99. The highest BCUT2D eigenvalue weighted by Crippen LogP contribution is 2.22. The number of benzene rings is 1. The lowest BCUT2D eigenvalue weighted by atomic mass is 10.2. The number of carbonyl (C=O) groups is 1. The van der Waals surface area contributed by atoms with E-state index in [1.54, 1.807) is 4.68 Å². The van der Waals surface area contributed by atoms with Crippen LogP contribution in [0.4, 0.5) is 0 Å². The molecule has 29 heavy (non-hydrogen) atoms. The first kappa shape index (κ1) is 20.3. The first-order chi connectivity index (χ1) is 13.9. The van der Waals surface area contributed by atoms with Gasteiger partial charge in [0.05, 0.1) is 22.9 Å². The summed E-state index contributed by atoms with van der Waals surface area (Å²) in [6.07, 6.45) is 0.702. The molecule has 2 aromatic rings. The molecule has 1 aromatic heterocycles. The number of rotatable bonds is 5. The first-order valence-electron chi connectivity index (χ1n) is 9.62. The summed E-state index contributed by atoms with van der Waals surface area (Å²) in [7, 11) is -2.89. The number of piperazine rings is 1. The number of amides is 1. The summed E-state index contributed by atoms with van der Waals surface area (Å²) in [5.41, 5.74) is 1.95. The third-order valence-electron chi connectivity index (χ3n) is 5.50. The molecule has 4 rings (SSSR count). The van der Waals surface area contributed by atoms with E-state index in [4.69, 9.17) is 0 Å². The highest BCUT2D eigenvalue weighted by atomic mass is 32.2. The second-order valence-corrected chi connectivity index (χ2v) is 10.6. The number of aryl methyl sites for hydroxylation is 1.